The Kier molecular flexibility index (Phi) is 2.57. The molecule has 24 heavy (non-hydrogen) atoms. The summed E-state index contributed by atoms with van der Waals surface area (Å²) >= 11 is 0. The molecule has 0 atom stereocenters. The van der Waals surface area contributed by atoms with Crippen molar-refractivity contribution in [3.8, 4) is 0 Å². The molecule has 0 unspecified atom stereocenters. The first-order chi connectivity index (χ1) is 11.4. The fraction of sp³-hybridized carbons (Fsp3) is 0. The minimum absolute atomic E-state index is 0.00857. The van der Waals surface area contributed by atoms with Gasteiger partial charge >= 0.3 is 0 Å². The van der Waals surface area contributed by atoms with Crippen molar-refractivity contribution >= 4 is 32.8 Å². The Labute approximate surface area is 129 Å². The van der Waals surface area contributed by atoms with Crippen LogP contribution in [0.2, 0.25) is 0 Å². The van der Waals surface area contributed by atoms with Crippen molar-refractivity contribution in [2.45, 2.75) is 0 Å². The van der Waals surface area contributed by atoms with E-state index >= 15 is 0 Å². The number of hydrogen-bond donors (Lipinski definition) is 0. The van der Waals surface area contributed by atoms with Gasteiger partial charge in [0, 0.05) is 35.0 Å². The summed E-state index contributed by atoms with van der Waals surface area (Å²) in [5.74, 6) is 0. The summed E-state index contributed by atoms with van der Waals surface area (Å²) in [7, 11) is 0. The topological polar surface area (TPSA) is 128 Å². The van der Waals surface area contributed by atoms with Crippen LogP contribution in [0.1, 0.15) is 0 Å². The van der Waals surface area contributed by atoms with Gasteiger partial charge < -0.3 is 0 Å². The maximum Gasteiger partial charge on any atom is 0.228 e. The van der Waals surface area contributed by atoms with Crippen molar-refractivity contribution in [2.75, 3.05) is 0 Å². The highest BCUT2D eigenvalue weighted by molar-refractivity contribution is 5.97. The van der Waals surface area contributed by atoms with Crippen molar-refractivity contribution in [1.82, 2.24) is 9.97 Å². The van der Waals surface area contributed by atoms with Crippen molar-refractivity contribution < 1.29 is 0 Å². The Morgan fingerprint density at radius 1 is 0.500 bits per heavy atom. The molecule has 0 spiro atoms. The molecule has 0 saturated heterocycles. The molecule has 0 radical (unpaired) electrons. The minimum Gasteiger partial charge on any atom is -0.287 e. The van der Waals surface area contributed by atoms with Crippen LogP contribution in [-0.2, 0) is 0 Å². The molecule has 4 rings (SSSR count). The highest BCUT2D eigenvalue weighted by Crippen LogP contribution is 2.11. The summed E-state index contributed by atoms with van der Waals surface area (Å²) in [4.78, 5) is 78.6. The number of aromatic nitrogens is 2. The largest absolute Gasteiger partial charge is 0.287 e. The molecule has 0 amide bonds. The lowest BCUT2D eigenvalue weighted by Crippen LogP contribution is -2.26. The zero-order chi connectivity index (χ0) is 17.2. The van der Waals surface area contributed by atoms with Crippen molar-refractivity contribution in [3.63, 3.8) is 0 Å². The molecular weight excluding hydrogens is 316 g/mol. The molecule has 0 saturated carbocycles. The Morgan fingerprint density at radius 2 is 0.833 bits per heavy atom. The molecule has 8 nitrogen and oxygen atoms in total. The quantitative estimate of drug-likeness (QED) is 0.280. The van der Waals surface area contributed by atoms with Crippen LogP contribution in [0.25, 0.3) is 32.8 Å². The molecule has 0 fully saturated rings. The first-order valence-electron chi connectivity index (χ1n) is 6.68. The van der Waals surface area contributed by atoms with E-state index in [4.69, 9.17) is 0 Å². The van der Waals surface area contributed by atoms with Gasteiger partial charge in [0.1, 0.15) is 11.0 Å². The molecule has 0 aliphatic heterocycles. The average molecular weight is 320 g/mol. The molecule has 1 aromatic heterocycles. The molecular formula is C16H4N2O6. The zero-order valence-electron chi connectivity index (χ0n) is 11.7. The molecule has 0 N–H and O–H groups in total. The summed E-state index contributed by atoms with van der Waals surface area (Å²) in [6.07, 6.45) is 0. The summed E-state index contributed by atoms with van der Waals surface area (Å²) in [6, 6.07) is 3.45. The van der Waals surface area contributed by atoms with E-state index in [2.05, 4.69) is 9.97 Å². The maximum absolute atomic E-state index is 12.5. The van der Waals surface area contributed by atoms with Gasteiger partial charge in [0.2, 0.25) is 32.6 Å². The van der Waals surface area contributed by atoms with E-state index in [1.807, 2.05) is 0 Å². The van der Waals surface area contributed by atoms with Gasteiger partial charge in [-0.2, -0.15) is 0 Å². The third kappa shape index (κ3) is 1.73. The van der Waals surface area contributed by atoms with Crippen molar-refractivity contribution in [1.29, 1.82) is 0 Å². The van der Waals surface area contributed by atoms with Crippen LogP contribution in [0.15, 0.2) is 53.0 Å². The van der Waals surface area contributed by atoms with E-state index in [0.29, 0.717) is 0 Å². The fourth-order valence-corrected chi connectivity index (χ4v) is 2.57. The normalized spacial score (nSPS) is 11.5. The average Bonchev–Trinajstić information content (AvgIpc) is 2.54. The lowest BCUT2D eigenvalue weighted by molar-refractivity contribution is 1.35. The van der Waals surface area contributed by atoms with Crippen LogP contribution < -0.4 is 32.6 Å². The molecule has 0 aliphatic carbocycles. The molecule has 8 heteroatoms. The van der Waals surface area contributed by atoms with E-state index in [1.165, 1.54) is 0 Å². The SMILES string of the molecule is O=c1cc2nc3c(=O)c4cc(=O)c(=O)cc4c(=O)c3nc2cc1=O. The monoisotopic (exact) mass is 320 g/mol. The van der Waals surface area contributed by atoms with Crippen LogP contribution in [0.4, 0.5) is 0 Å². The predicted octanol–water partition coefficient (Wildman–Crippen LogP) is -1.59. The summed E-state index contributed by atoms with van der Waals surface area (Å²) < 4.78 is 0. The van der Waals surface area contributed by atoms with Gasteiger partial charge in [0.25, 0.3) is 0 Å². The highest BCUT2D eigenvalue weighted by Gasteiger charge is 2.16. The van der Waals surface area contributed by atoms with Gasteiger partial charge in [-0.15, -0.1) is 0 Å². The van der Waals surface area contributed by atoms with E-state index in [1.54, 1.807) is 0 Å². The number of rotatable bonds is 0. The van der Waals surface area contributed by atoms with Gasteiger partial charge in [-0.3, -0.25) is 28.8 Å². The third-order valence-corrected chi connectivity index (χ3v) is 3.73. The van der Waals surface area contributed by atoms with E-state index in [-0.39, 0.29) is 32.8 Å². The molecule has 4 aromatic rings. The Balaban J connectivity index is 2.38. The van der Waals surface area contributed by atoms with Gasteiger partial charge in [-0.1, -0.05) is 0 Å². The Hall–Kier alpha value is -3.68. The Bertz CT molecular complexity index is 1400. The van der Waals surface area contributed by atoms with Crippen LogP contribution in [0.5, 0.6) is 0 Å². The second-order valence-corrected chi connectivity index (χ2v) is 5.21. The second kappa shape index (κ2) is 4.42. The fourth-order valence-electron chi connectivity index (χ4n) is 2.57. The molecule has 0 aliphatic rings. The van der Waals surface area contributed by atoms with Gasteiger partial charge in [0.05, 0.1) is 11.0 Å². The van der Waals surface area contributed by atoms with Crippen LogP contribution in [0.3, 0.4) is 0 Å². The number of benzene rings is 3. The lowest BCUT2D eigenvalue weighted by Gasteiger charge is -2.01. The Morgan fingerprint density at radius 3 is 1.21 bits per heavy atom. The molecule has 114 valence electrons. The molecule has 3 aromatic carbocycles. The van der Waals surface area contributed by atoms with E-state index in [9.17, 15) is 28.8 Å². The molecule has 0 bridgehead atoms. The standard InChI is InChI=1S/C16H4N2O6/c19-9-1-5-6(2-10(9)20)16(24)14-13(15(5)23)17-7-3-11(21)12(22)4-8(7)18-14/h1-4H. The predicted molar refractivity (Wildman–Crippen MR) is 85.7 cm³/mol. The number of fused-ring (bicyclic) bond motifs is 3. The van der Waals surface area contributed by atoms with Gasteiger partial charge in [-0.05, 0) is 0 Å². The smallest absolute Gasteiger partial charge is 0.228 e. The highest BCUT2D eigenvalue weighted by atomic mass is 16.2. The van der Waals surface area contributed by atoms with Gasteiger partial charge in [-0.25, -0.2) is 9.97 Å². The van der Waals surface area contributed by atoms with Crippen molar-refractivity contribution in [3.05, 3.63) is 85.6 Å². The van der Waals surface area contributed by atoms with Crippen LogP contribution >= 0.6 is 0 Å². The first-order valence-corrected chi connectivity index (χ1v) is 6.68. The van der Waals surface area contributed by atoms with Crippen LogP contribution in [-0.4, -0.2) is 9.97 Å². The number of hydrogen-bond acceptors (Lipinski definition) is 8. The van der Waals surface area contributed by atoms with Crippen molar-refractivity contribution in [2.24, 2.45) is 0 Å². The van der Waals surface area contributed by atoms with E-state index < -0.39 is 32.6 Å². The second-order valence-electron chi connectivity index (χ2n) is 5.21. The van der Waals surface area contributed by atoms with Crippen LogP contribution in [0, 0.1) is 0 Å². The third-order valence-electron chi connectivity index (χ3n) is 3.73. The summed E-state index contributed by atoms with van der Waals surface area (Å²) in [5, 5.41) is -0.456. The lowest BCUT2D eigenvalue weighted by atomic mass is 10.1. The molecule has 1 heterocycles. The first kappa shape index (κ1) is 13.9. The number of nitrogens with zero attached hydrogens (tertiary/aromatic N) is 2. The zero-order valence-corrected chi connectivity index (χ0v) is 11.7. The van der Waals surface area contributed by atoms with Gasteiger partial charge in [0.15, 0.2) is 0 Å². The van der Waals surface area contributed by atoms with E-state index in [0.717, 1.165) is 24.3 Å². The minimum atomic E-state index is -0.912. The summed E-state index contributed by atoms with van der Waals surface area (Å²) in [6.45, 7) is 0. The maximum atomic E-state index is 12.5. The summed E-state index contributed by atoms with van der Waals surface area (Å²) in [5.41, 5.74) is -5.61.